The van der Waals surface area contributed by atoms with Crippen LogP contribution in [-0.4, -0.2) is 48.0 Å². The van der Waals surface area contributed by atoms with E-state index in [0.717, 1.165) is 12.5 Å². The van der Waals surface area contributed by atoms with E-state index in [1.54, 1.807) is 0 Å². The number of hydrogen-bond donors (Lipinski definition) is 1. The van der Waals surface area contributed by atoms with E-state index in [2.05, 4.69) is 36.1 Å². The Morgan fingerprint density at radius 3 is 2.64 bits per heavy atom. The molecule has 4 heteroatoms. The highest BCUT2D eigenvalue weighted by Gasteiger charge is 2.29. The molecule has 2 heterocycles. The lowest BCUT2D eigenvalue weighted by Crippen LogP contribution is -2.51. The quantitative estimate of drug-likeness (QED) is 0.742. The van der Waals surface area contributed by atoms with E-state index in [1.807, 2.05) is 11.8 Å². The standard InChI is InChI=1S/C10H19N3S/c1-7(2)9-4-11-10(12-9)13(3)8-5-14-6-8/h7-9H,4-6H2,1-3H3,(H,11,12). The van der Waals surface area contributed by atoms with Crippen molar-refractivity contribution < 1.29 is 0 Å². The molecule has 14 heavy (non-hydrogen) atoms. The zero-order valence-corrected chi connectivity index (χ0v) is 9.97. The molecule has 0 saturated carbocycles. The molecule has 1 atom stereocenters. The summed E-state index contributed by atoms with van der Waals surface area (Å²) in [7, 11) is 2.15. The summed E-state index contributed by atoms with van der Waals surface area (Å²) < 4.78 is 0. The molecule has 0 aromatic rings. The number of rotatable bonds is 2. The van der Waals surface area contributed by atoms with E-state index in [9.17, 15) is 0 Å². The average Bonchev–Trinajstić information content (AvgIpc) is 2.48. The molecule has 1 saturated heterocycles. The molecular formula is C10H19N3S. The Kier molecular flexibility index (Phi) is 2.91. The van der Waals surface area contributed by atoms with E-state index in [1.165, 1.54) is 11.5 Å². The third-order valence-corrected chi connectivity index (χ3v) is 4.30. The molecule has 80 valence electrons. The maximum absolute atomic E-state index is 4.56. The summed E-state index contributed by atoms with van der Waals surface area (Å²) in [6.07, 6.45) is 0. The molecular weight excluding hydrogens is 194 g/mol. The second-order valence-corrected chi connectivity index (χ2v) is 5.54. The predicted molar refractivity (Wildman–Crippen MR) is 62.9 cm³/mol. The summed E-state index contributed by atoms with van der Waals surface area (Å²) in [5.41, 5.74) is 0. The van der Waals surface area contributed by atoms with Crippen molar-refractivity contribution in [3.63, 3.8) is 0 Å². The van der Waals surface area contributed by atoms with E-state index >= 15 is 0 Å². The summed E-state index contributed by atoms with van der Waals surface area (Å²) in [6.45, 7) is 5.43. The van der Waals surface area contributed by atoms with Crippen molar-refractivity contribution >= 4 is 17.7 Å². The molecule has 1 fully saturated rings. The fourth-order valence-electron chi connectivity index (χ4n) is 1.65. The summed E-state index contributed by atoms with van der Waals surface area (Å²) in [6, 6.07) is 1.25. The molecule has 1 unspecified atom stereocenters. The Bertz CT molecular complexity index is 236. The van der Waals surface area contributed by atoms with Crippen LogP contribution in [0.1, 0.15) is 13.8 Å². The van der Waals surface area contributed by atoms with Gasteiger partial charge in [0.15, 0.2) is 5.96 Å². The lowest BCUT2D eigenvalue weighted by atomic mass is 10.1. The van der Waals surface area contributed by atoms with Crippen LogP contribution >= 0.6 is 11.8 Å². The SMILES string of the molecule is CC(C)C1CN=C(N(C)C2CSC2)N1. The normalized spacial score (nSPS) is 27.1. The van der Waals surface area contributed by atoms with Gasteiger partial charge < -0.3 is 10.2 Å². The van der Waals surface area contributed by atoms with Gasteiger partial charge in [-0.2, -0.15) is 11.8 Å². The smallest absolute Gasteiger partial charge is 0.194 e. The van der Waals surface area contributed by atoms with Gasteiger partial charge in [0.05, 0.1) is 12.6 Å². The van der Waals surface area contributed by atoms with E-state index in [4.69, 9.17) is 0 Å². The molecule has 0 aromatic heterocycles. The lowest BCUT2D eigenvalue weighted by molar-refractivity contribution is 0.392. The van der Waals surface area contributed by atoms with E-state index in [-0.39, 0.29) is 0 Å². The van der Waals surface area contributed by atoms with Gasteiger partial charge in [0.1, 0.15) is 0 Å². The summed E-state index contributed by atoms with van der Waals surface area (Å²) in [5.74, 6) is 4.28. The van der Waals surface area contributed by atoms with Crippen LogP contribution in [0.3, 0.4) is 0 Å². The van der Waals surface area contributed by atoms with Crippen molar-refractivity contribution in [3.05, 3.63) is 0 Å². The van der Waals surface area contributed by atoms with Gasteiger partial charge >= 0.3 is 0 Å². The Hall–Kier alpha value is -0.380. The second-order valence-electron chi connectivity index (χ2n) is 4.46. The monoisotopic (exact) mass is 213 g/mol. The van der Waals surface area contributed by atoms with Crippen LogP contribution in [0.5, 0.6) is 0 Å². The largest absolute Gasteiger partial charge is 0.351 e. The van der Waals surface area contributed by atoms with Crippen molar-refractivity contribution in [2.24, 2.45) is 10.9 Å². The zero-order valence-electron chi connectivity index (χ0n) is 9.16. The minimum atomic E-state index is 0.542. The summed E-state index contributed by atoms with van der Waals surface area (Å²) in [4.78, 5) is 6.87. The van der Waals surface area contributed by atoms with Crippen molar-refractivity contribution in [2.75, 3.05) is 25.1 Å². The third-order valence-electron chi connectivity index (χ3n) is 3.06. The summed E-state index contributed by atoms with van der Waals surface area (Å²) >= 11 is 2.01. The number of nitrogens with one attached hydrogen (secondary N) is 1. The van der Waals surface area contributed by atoms with Gasteiger partial charge in [-0.25, -0.2) is 0 Å². The maximum Gasteiger partial charge on any atom is 0.194 e. The second kappa shape index (κ2) is 4.01. The van der Waals surface area contributed by atoms with Gasteiger partial charge in [0.25, 0.3) is 0 Å². The molecule has 3 nitrogen and oxygen atoms in total. The van der Waals surface area contributed by atoms with Crippen molar-refractivity contribution in [3.8, 4) is 0 Å². The van der Waals surface area contributed by atoms with Crippen LogP contribution in [0.15, 0.2) is 4.99 Å². The average molecular weight is 213 g/mol. The van der Waals surface area contributed by atoms with Crippen LogP contribution in [-0.2, 0) is 0 Å². The highest BCUT2D eigenvalue weighted by Crippen LogP contribution is 2.23. The number of hydrogen-bond acceptors (Lipinski definition) is 4. The lowest BCUT2D eigenvalue weighted by Gasteiger charge is -2.35. The highest BCUT2D eigenvalue weighted by atomic mass is 32.2. The Morgan fingerprint density at radius 1 is 1.50 bits per heavy atom. The van der Waals surface area contributed by atoms with Crippen LogP contribution < -0.4 is 5.32 Å². The molecule has 2 aliphatic rings. The molecule has 0 spiro atoms. The van der Waals surface area contributed by atoms with Gasteiger partial charge in [-0.05, 0) is 5.92 Å². The van der Waals surface area contributed by atoms with Crippen LogP contribution in [0.25, 0.3) is 0 Å². The number of thioether (sulfide) groups is 1. The van der Waals surface area contributed by atoms with Crippen LogP contribution in [0.2, 0.25) is 0 Å². The van der Waals surface area contributed by atoms with E-state index < -0.39 is 0 Å². The highest BCUT2D eigenvalue weighted by molar-refractivity contribution is 8.00. The molecule has 2 aliphatic heterocycles. The van der Waals surface area contributed by atoms with Crippen LogP contribution in [0.4, 0.5) is 0 Å². The molecule has 0 bridgehead atoms. The first-order valence-corrected chi connectivity index (χ1v) is 6.45. The van der Waals surface area contributed by atoms with Gasteiger partial charge in [0.2, 0.25) is 0 Å². The minimum Gasteiger partial charge on any atom is -0.351 e. The first kappa shape index (κ1) is 10.1. The number of nitrogens with zero attached hydrogens (tertiary/aromatic N) is 2. The van der Waals surface area contributed by atoms with Crippen molar-refractivity contribution in [1.29, 1.82) is 0 Å². The van der Waals surface area contributed by atoms with Crippen LogP contribution in [0, 0.1) is 5.92 Å². The first-order valence-electron chi connectivity index (χ1n) is 5.30. The molecule has 1 N–H and O–H groups in total. The summed E-state index contributed by atoms with van der Waals surface area (Å²) in [5, 5.41) is 3.51. The molecule has 0 aromatic carbocycles. The number of aliphatic imine (C=N–C) groups is 1. The first-order chi connectivity index (χ1) is 6.68. The van der Waals surface area contributed by atoms with Gasteiger partial charge in [-0.3, -0.25) is 4.99 Å². The zero-order chi connectivity index (χ0) is 10.1. The fourth-order valence-corrected chi connectivity index (χ4v) is 2.55. The van der Waals surface area contributed by atoms with E-state index in [0.29, 0.717) is 18.0 Å². The number of guanidine groups is 1. The fraction of sp³-hybridized carbons (Fsp3) is 0.900. The van der Waals surface area contributed by atoms with Gasteiger partial charge in [-0.1, -0.05) is 13.8 Å². The Balaban J connectivity index is 1.87. The third kappa shape index (κ3) is 1.85. The minimum absolute atomic E-state index is 0.542. The van der Waals surface area contributed by atoms with Crippen molar-refractivity contribution in [2.45, 2.75) is 25.9 Å². The Morgan fingerprint density at radius 2 is 2.21 bits per heavy atom. The Labute approximate surface area is 90.3 Å². The van der Waals surface area contributed by atoms with Crippen molar-refractivity contribution in [1.82, 2.24) is 10.2 Å². The molecule has 0 amide bonds. The molecule has 2 rings (SSSR count). The maximum atomic E-state index is 4.56. The molecule has 0 radical (unpaired) electrons. The van der Waals surface area contributed by atoms with Gasteiger partial charge in [-0.15, -0.1) is 0 Å². The predicted octanol–water partition coefficient (Wildman–Crippen LogP) is 1.02. The molecule has 0 aliphatic carbocycles. The topological polar surface area (TPSA) is 27.6 Å². The van der Waals surface area contributed by atoms with Gasteiger partial charge in [0, 0.05) is 24.6 Å².